The molecule has 0 bridgehead atoms. The van der Waals surface area contributed by atoms with Crippen LogP contribution >= 0.6 is 0 Å². The average molecular weight is 259 g/mol. The lowest BCUT2D eigenvalue weighted by atomic mass is 10.2. The van der Waals surface area contributed by atoms with E-state index >= 15 is 0 Å². The Hall–Kier alpha value is -1.86. The molecular weight excluding hydrogens is 238 g/mol. The van der Waals surface area contributed by atoms with E-state index in [1.165, 1.54) is 0 Å². The van der Waals surface area contributed by atoms with E-state index in [9.17, 15) is 4.79 Å². The second-order valence-corrected chi connectivity index (χ2v) is 4.53. The van der Waals surface area contributed by atoms with Crippen LogP contribution in [0.15, 0.2) is 18.3 Å². The lowest BCUT2D eigenvalue weighted by molar-refractivity contribution is 0.0700. The van der Waals surface area contributed by atoms with Crippen LogP contribution in [0.25, 0.3) is 0 Å². The summed E-state index contributed by atoms with van der Waals surface area (Å²) in [6.45, 7) is 7.14. The van der Waals surface area contributed by atoms with Gasteiger partial charge in [-0.05, 0) is 32.4 Å². The van der Waals surface area contributed by atoms with Gasteiger partial charge in [-0.3, -0.25) is 4.79 Å². The molecule has 0 unspecified atom stereocenters. The third kappa shape index (κ3) is 4.38. The molecule has 1 aromatic rings. The van der Waals surface area contributed by atoms with Crippen LogP contribution < -0.4 is 5.73 Å². The molecule has 0 aliphatic carbocycles. The van der Waals surface area contributed by atoms with Gasteiger partial charge in [-0.2, -0.15) is 0 Å². The molecule has 0 fully saturated rings. The number of carbonyl (C=O) groups is 1. The number of hydrogen-bond donors (Lipinski definition) is 1. The summed E-state index contributed by atoms with van der Waals surface area (Å²) in [6.07, 6.45) is 2.55. The van der Waals surface area contributed by atoms with Crippen molar-refractivity contribution in [1.82, 2.24) is 9.88 Å². The SMILES string of the molecule is CCCN(C(=O)c1ccc(C#CCN)cn1)C(C)C. The number of nitrogens with two attached hydrogens (primary N) is 1. The molecule has 0 atom stereocenters. The molecule has 0 radical (unpaired) electrons. The minimum atomic E-state index is -0.0322. The summed E-state index contributed by atoms with van der Waals surface area (Å²) in [6, 6.07) is 3.69. The molecule has 0 saturated carbocycles. The summed E-state index contributed by atoms with van der Waals surface area (Å²) >= 11 is 0. The van der Waals surface area contributed by atoms with Gasteiger partial charge in [-0.25, -0.2) is 4.98 Å². The van der Waals surface area contributed by atoms with Crippen molar-refractivity contribution in [2.24, 2.45) is 5.73 Å². The van der Waals surface area contributed by atoms with Crippen LogP contribution in [0.5, 0.6) is 0 Å². The molecule has 2 N–H and O–H groups in total. The third-order valence-corrected chi connectivity index (χ3v) is 2.67. The highest BCUT2D eigenvalue weighted by atomic mass is 16.2. The van der Waals surface area contributed by atoms with Gasteiger partial charge in [0.25, 0.3) is 5.91 Å². The molecule has 102 valence electrons. The number of nitrogens with zero attached hydrogens (tertiary/aromatic N) is 2. The Morgan fingerprint density at radius 1 is 1.47 bits per heavy atom. The van der Waals surface area contributed by atoms with E-state index in [4.69, 9.17) is 5.73 Å². The zero-order valence-electron chi connectivity index (χ0n) is 11.8. The van der Waals surface area contributed by atoms with Crippen LogP contribution in [0, 0.1) is 11.8 Å². The number of carbonyl (C=O) groups excluding carboxylic acids is 1. The van der Waals surface area contributed by atoms with E-state index in [1.807, 2.05) is 18.7 Å². The van der Waals surface area contributed by atoms with Gasteiger partial charge in [0.2, 0.25) is 0 Å². The maximum Gasteiger partial charge on any atom is 0.272 e. The van der Waals surface area contributed by atoms with Gasteiger partial charge in [0, 0.05) is 24.3 Å². The Bertz CT molecular complexity index is 468. The fraction of sp³-hybridized carbons (Fsp3) is 0.467. The topological polar surface area (TPSA) is 59.2 Å². The lowest BCUT2D eigenvalue weighted by Crippen LogP contribution is -2.37. The molecule has 4 heteroatoms. The standard InChI is InChI=1S/C15H21N3O/c1-4-10-18(12(2)3)15(19)14-8-7-13(11-17-14)6-5-9-16/h7-8,11-12H,4,9-10,16H2,1-3H3. The molecule has 1 aromatic heterocycles. The van der Waals surface area contributed by atoms with E-state index in [0.717, 1.165) is 18.5 Å². The molecule has 19 heavy (non-hydrogen) atoms. The zero-order valence-corrected chi connectivity index (χ0v) is 11.8. The van der Waals surface area contributed by atoms with Crippen molar-refractivity contribution in [2.45, 2.75) is 33.2 Å². The largest absolute Gasteiger partial charge is 0.335 e. The monoisotopic (exact) mass is 259 g/mol. The molecule has 0 saturated heterocycles. The van der Waals surface area contributed by atoms with Crippen molar-refractivity contribution in [1.29, 1.82) is 0 Å². The van der Waals surface area contributed by atoms with Gasteiger partial charge >= 0.3 is 0 Å². The maximum absolute atomic E-state index is 12.3. The molecular formula is C15H21N3O. The minimum Gasteiger partial charge on any atom is -0.335 e. The summed E-state index contributed by atoms with van der Waals surface area (Å²) in [5.41, 5.74) is 6.54. The van der Waals surface area contributed by atoms with Crippen LogP contribution in [-0.4, -0.2) is 34.9 Å². The molecule has 1 amide bonds. The van der Waals surface area contributed by atoms with Gasteiger partial charge in [-0.15, -0.1) is 0 Å². The highest BCUT2D eigenvalue weighted by Crippen LogP contribution is 2.08. The van der Waals surface area contributed by atoms with Gasteiger partial charge < -0.3 is 10.6 Å². The number of rotatable bonds is 4. The summed E-state index contributed by atoms with van der Waals surface area (Å²) in [7, 11) is 0. The summed E-state index contributed by atoms with van der Waals surface area (Å²) < 4.78 is 0. The fourth-order valence-corrected chi connectivity index (χ4v) is 1.73. The first kappa shape index (κ1) is 15.2. The van der Waals surface area contributed by atoms with Crippen molar-refractivity contribution in [3.63, 3.8) is 0 Å². The van der Waals surface area contributed by atoms with E-state index in [-0.39, 0.29) is 11.9 Å². The molecule has 1 rings (SSSR count). The number of hydrogen-bond acceptors (Lipinski definition) is 3. The van der Waals surface area contributed by atoms with Crippen molar-refractivity contribution in [3.8, 4) is 11.8 Å². The smallest absolute Gasteiger partial charge is 0.272 e. The Kier molecular flexibility index (Phi) is 6.04. The highest BCUT2D eigenvalue weighted by molar-refractivity contribution is 5.92. The Balaban J connectivity index is 2.87. The molecule has 1 heterocycles. The fourth-order valence-electron chi connectivity index (χ4n) is 1.73. The second kappa shape index (κ2) is 7.55. The summed E-state index contributed by atoms with van der Waals surface area (Å²) in [5.74, 6) is 5.61. The third-order valence-electron chi connectivity index (χ3n) is 2.67. The predicted octanol–water partition coefficient (Wildman–Crippen LogP) is 1.65. The molecule has 4 nitrogen and oxygen atoms in total. The van der Waals surface area contributed by atoms with Crippen LogP contribution in [0.3, 0.4) is 0 Å². The van der Waals surface area contributed by atoms with Crippen molar-refractivity contribution >= 4 is 5.91 Å². The average Bonchev–Trinajstić information content (AvgIpc) is 2.42. The van der Waals surface area contributed by atoms with E-state index < -0.39 is 0 Å². The predicted molar refractivity (Wildman–Crippen MR) is 76.6 cm³/mol. The lowest BCUT2D eigenvalue weighted by Gasteiger charge is -2.25. The van der Waals surface area contributed by atoms with Gasteiger partial charge in [0.05, 0.1) is 6.54 Å². The van der Waals surface area contributed by atoms with E-state index in [2.05, 4.69) is 23.7 Å². The van der Waals surface area contributed by atoms with Crippen LogP contribution in [-0.2, 0) is 0 Å². The first-order valence-electron chi connectivity index (χ1n) is 6.56. The number of aromatic nitrogens is 1. The minimum absolute atomic E-state index is 0.0322. The summed E-state index contributed by atoms with van der Waals surface area (Å²) in [5, 5.41) is 0. The van der Waals surface area contributed by atoms with Crippen molar-refractivity contribution in [3.05, 3.63) is 29.6 Å². The second-order valence-electron chi connectivity index (χ2n) is 4.53. The van der Waals surface area contributed by atoms with Gasteiger partial charge in [0.1, 0.15) is 5.69 Å². The van der Waals surface area contributed by atoms with Gasteiger partial charge in [-0.1, -0.05) is 18.8 Å². The van der Waals surface area contributed by atoms with Crippen molar-refractivity contribution < 1.29 is 4.79 Å². The molecule has 0 aliphatic rings. The first-order valence-corrected chi connectivity index (χ1v) is 6.56. The normalized spacial score (nSPS) is 9.95. The number of pyridine rings is 1. The Labute approximate surface area is 115 Å². The molecule has 0 aromatic carbocycles. The highest BCUT2D eigenvalue weighted by Gasteiger charge is 2.18. The van der Waals surface area contributed by atoms with Crippen LogP contribution in [0.1, 0.15) is 43.2 Å². The quantitative estimate of drug-likeness (QED) is 0.836. The molecule has 0 spiro atoms. The zero-order chi connectivity index (χ0) is 14.3. The van der Waals surface area contributed by atoms with E-state index in [0.29, 0.717) is 12.2 Å². The van der Waals surface area contributed by atoms with Gasteiger partial charge in [0.15, 0.2) is 0 Å². The molecule has 0 aliphatic heterocycles. The Morgan fingerprint density at radius 2 is 2.21 bits per heavy atom. The number of amides is 1. The Morgan fingerprint density at radius 3 is 2.68 bits per heavy atom. The summed E-state index contributed by atoms with van der Waals surface area (Å²) in [4.78, 5) is 18.3. The van der Waals surface area contributed by atoms with Crippen LogP contribution in [0.4, 0.5) is 0 Å². The van der Waals surface area contributed by atoms with E-state index in [1.54, 1.807) is 18.3 Å². The van der Waals surface area contributed by atoms with Crippen LogP contribution in [0.2, 0.25) is 0 Å². The first-order chi connectivity index (χ1) is 9.10. The maximum atomic E-state index is 12.3. The van der Waals surface area contributed by atoms with Crippen molar-refractivity contribution in [2.75, 3.05) is 13.1 Å².